The van der Waals surface area contributed by atoms with Crippen molar-refractivity contribution in [3.8, 4) is 0 Å². The molecule has 2 aliphatic rings. The minimum Gasteiger partial charge on any atom is -0.457 e. The lowest BCUT2D eigenvalue weighted by molar-refractivity contribution is -0.177. The van der Waals surface area contributed by atoms with Gasteiger partial charge in [0.15, 0.2) is 5.83 Å². The summed E-state index contributed by atoms with van der Waals surface area (Å²) in [6.07, 6.45) is 0. The lowest BCUT2D eigenvalue weighted by Crippen LogP contribution is -2.46. The Kier molecular flexibility index (Phi) is 1.93. The van der Waals surface area contributed by atoms with Gasteiger partial charge in [-0.15, -0.1) is 0 Å². The van der Waals surface area contributed by atoms with Crippen LogP contribution < -0.4 is 0 Å². The maximum atomic E-state index is 13.1. The van der Waals surface area contributed by atoms with Crippen LogP contribution in [0.25, 0.3) is 0 Å². The summed E-state index contributed by atoms with van der Waals surface area (Å²) in [7, 11) is 0. The SMILES string of the molecule is O=C1OCC2=C1C(F)=C(F)C(F)(F)C2(F)F. The number of hydrogen-bond donors (Lipinski definition) is 0. The quantitative estimate of drug-likeness (QED) is 0.482. The van der Waals surface area contributed by atoms with E-state index in [1.165, 1.54) is 0 Å². The second kappa shape index (κ2) is 2.80. The van der Waals surface area contributed by atoms with Gasteiger partial charge in [-0.1, -0.05) is 0 Å². The Hall–Kier alpha value is -1.47. The molecule has 0 aromatic rings. The number of alkyl halides is 4. The topological polar surface area (TPSA) is 26.3 Å². The summed E-state index contributed by atoms with van der Waals surface area (Å²) in [5, 5.41) is 0. The van der Waals surface area contributed by atoms with E-state index in [1.807, 2.05) is 0 Å². The van der Waals surface area contributed by atoms with Gasteiger partial charge in [-0.3, -0.25) is 0 Å². The molecule has 0 aromatic heterocycles. The molecule has 0 saturated carbocycles. The Labute approximate surface area is 84.2 Å². The average Bonchev–Trinajstić information content (AvgIpc) is 2.56. The van der Waals surface area contributed by atoms with E-state index in [4.69, 9.17) is 0 Å². The molecule has 88 valence electrons. The normalized spacial score (nSPS) is 27.0. The fourth-order valence-corrected chi connectivity index (χ4v) is 1.45. The molecular weight excluding hydrogens is 242 g/mol. The third-order valence-electron chi connectivity index (χ3n) is 2.31. The number of carbonyl (C=O) groups is 1. The molecule has 0 radical (unpaired) electrons. The van der Waals surface area contributed by atoms with Crippen molar-refractivity contribution in [2.45, 2.75) is 11.8 Å². The van der Waals surface area contributed by atoms with E-state index >= 15 is 0 Å². The lowest BCUT2D eigenvalue weighted by Gasteiger charge is -2.29. The summed E-state index contributed by atoms with van der Waals surface area (Å²) < 4.78 is 81.3. The Morgan fingerprint density at radius 1 is 1.06 bits per heavy atom. The summed E-state index contributed by atoms with van der Waals surface area (Å²) in [6.45, 7) is -1.17. The molecule has 0 atom stereocenters. The first-order chi connectivity index (χ1) is 7.21. The van der Waals surface area contributed by atoms with Crippen LogP contribution >= 0.6 is 0 Å². The van der Waals surface area contributed by atoms with Crippen molar-refractivity contribution in [2.75, 3.05) is 6.61 Å². The molecule has 0 spiro atoms. The van der Waals surface area contributed by atoms with Gasteiger partial charge < -0.3 is 4.74 Å². The molecule has 1 heterocycles. The average molecular weight is 244 g/mol. The number of allylic oxidation sites excluding steroid dienone is 1. The number of halogens is 6. The first-order valence-corrected chi connectivity index (χ1v) is 3.93. The first-order valence-electron chi connectivity index (χ1n) is 3.93. The number of rotatable bonds is 0. The van der Waals surface area contributed by atoms with Crippen LogP contribution in [-0.2, 0) is 9.53 Å². The summed E-state index contributed by atoms with van der Waals surface area (Å²) in [5.74, 6) is -17.1. The molecular formula is C8H2F6O2. The zero-order valence-corrected chi connectivity index (χ0v) is 7.29. The van der Waals surface area contributed by atoms with Gasteiger partial charge in [0.05, 0.1) is 5.57 Å². The Morgan fingerprint density at radius 2 is 1.62 bits per heavy atom. The molecule has 0 amide bonds. The number of hydrogen-bond acceptors (Lipinski definition) is 2. The van der Waals surface area contributed by atoms with Crippen molar-refractivity contribution in [3.05, 3.63) is 22.8 Å². The Balaban J connectivity index is 2.72. The van der Waals surface area contributed by atoms with Crippen LogP contribution in [0.5, 0.6) is 0 Å². The van der Waals surface area contributed by atoms with Crippen molar-refractivity contribution >= 4 is 5.97 Å². The van der Waals surface area contributed by atoms with Gasteiger partial charge in [-0.05, 0) is 0 Å². The maximum Gasteiger partial charge on any atom is 0.367 e. The van der Waals surface area contributed by atoms with E-state index in [1.54, 1.807) is 0 Å². The van der Waals surface area contributed by atoms with E-state index in [0.29, 0.717) is 0 Å². The van der Waals surface area contributed by atoms with E-state index in [2.05, 4.69) is 4.74 Å². The van der Waals surface area contributed by atoms with Crippen LogP contribution in [0.15, 0.2) is 22.8 Å². The fourth-order valence-electron chi connectivity index (χ4n) is 1.45. The highest BCUT2D eigenvalue weighted by atomic mass is 19.3. The van der Waals surface area contributed by atoms with Gasteiger partial charge >= 0.3 is 17.8 Å². The smallest absolute Gasteiger partial charge is 0.367 e. The molecule has 0 bridgehead atoms. The number of carbonyl (C=O) groups excluding carboxylic acids is 1. The minimum absolute atomic E-state index is 1.17. The molecule has 16 heavy (non-hydrogen) atoms. The molecule has 0 unspecified atom stereocenters. The van der Waals surface area contributed by atoms with E-state index in [-0.39, 0.29) is 0 Å². The standard InChI is InChI=1S/C8H2F6O2/c9-4-3-2(1-16-6(3)15)7(11,12)8(13,14)5(4)10/h1H2. The fraction of sp³-hybridized carbons (Fsp3) is 0.375. The number of ether oxygens (including phenoxy) is 1. The number of esters is 1. The van der Waals surface area contributed by atoms with Gasteiger partial charge in [-0.25, -0.2) is 13.6 Å². The van der Waals surface area contributed by atoms with Crippen molar-refractivity contribution < 1.29 is 35.9 Å². The second-order valence-electron chi connectivity index (χ2n) is 3.21. The molecule has 2 nitrogen and oxygen atoms in total. The predicted molar refractivity (Wildman–Crippen MR) is 37.1 cm³/mol. The lowest BCUT2D eigenvalue weighted by atomic mass is 9.91. The monoisotopic (exact) mass is 244 g/mol. The van der Waals surface area contributed by atoms with Crippen LogP contribution in [0, 0.1) is 0 Å². The van der Waals surface area contributed by atoms with Gasteiger partial charge in [0, 0.05) is 0 Å². The highest BCUT2D eigenvalue weighted by molar-refractivity contribution is 5.97. The van der Waals surface area contributed by atoms with Gasteiger partial charge in [-0.2, -0.15) is 17.6 Å². The zero-order chi connectivity index (χ0) is 12.3. The van der Waals surface area contributed by atoms with E-state index < -0.39 is 47.2 Å². The van der Waals surface area contributed by atoms with Gasteiger partial charge in [0.25, 0.3) is 0 Å². The van der Waals surface area contributed by atoms with Crippen LogP contribution in [-0.4, -0.2) is 24.4 Å². The highest BCUT2D eigenvalue weighted by Crippen LogP contribution is 2.53. The van der Waals surface area contributed by atoms with E-state index in [9.17, 15) is 31.1 Å². The predicted octanol–water partition coefficient (Wildman–Crippen LogP) is 2.27. The molecule has 1 aliphatic heterocycles. The Morgan fingerprint density at radius 3 is 2.19 bits per heavy atom. The van der Waals surface area contributed by atoms with Crippen molar-refractivity contribution in [1.82, 2.24) is 0 Å². The van der Waals surface area contributed by atoms with Crippen molar-refractivity contribution in [1.29, 1.82) is 0 Å². The summed E-state index contributed by atoms with van der Waals surface area (Å²) in [6, 6.07) is 0. The molecule has 2 rings (SSSR count). The molecule has 0 fully saturated rings. The van der Waals surface area contributed by atoms with Crippen molar-refractivity contribution in [2.24, 2.45) is 0 Å². The van der Waals surface area contributed by atoms with Crippen molar-refractivity contribution in [3.63, 3.8) is 0 Å². The van der Waals surface area contributed by atoms with Gasteiger partial charge in [0.1, 0.15) is 12.2 Å². The summed E-state index contributed by atoms with van der Waals surface area (Å²) >= 11 is 0. The minimum atomic E-state index is -5.30. The molecule has 8 heteroatoms. The summed E-state index contributed by atoms with van der Waals surface area (Å²) in [4.78, 5) is 10.8. The van der Waals surface area contributed by atoms with Gasteiger partial charge in [0.2, 0.25) is 5.83 Å². The number of cyclic esters (lactones) is 1. The maximum absolute atomic E-state index is 13.1. The van der Waals surface area contributed by atoms with Crippen LogP contribution in [0.1, 0.15) is 0 Å². The molecule has 0 aromatic carbocycles. The van der Waals surface area contributed by atoms with Crippen LogP contribution in [0.3, 0.4) is 0 Å². The molecule has 0 saturated heterocycles. The highest BCUT2D eigenvalue weighted by Gasteiger charge is 2.68. The summed E-state index contributed by atoms with van der Waals surface area (Å²) in [5.41, 5.74) is -2.96. The molecule has 1 aliphatic carbocycles. The third kappa shape index (κ3) is 1.01. The second-order valence-corrected chi connectivity index (χ2v) is 3.21. The Bertz CT molecular complexity index is 447. The zero-order valence-electron chi connectivity index (χ0n) is 7.29. The largest absolute Gasteiger partial charge is 0.457 e. The van der Waals surface area contributed by atoms with Crippen LogP contribution in [0.4, 0.5) is 26.3 Å². The van der Waals surface area contributed by atoms with E-state index in [0.717, 1.165) is 0 Å². The first kappa shape index (κ1) is 11.0. The molecule has 0 N–H and O–H groups in total. The third-order valence-corrected chi connectivity index (χ3v) is 2.31. The van der Waals surface area contributed by atoms with Crippen LogP contribution in [0.2, 0.25) is 0 Å².